The van der Waals surface area contributed by atoms with E-state index >= 15 is 0 Å². The Balaban J connectivity index is 3.71. The van der Waals surface area contributed by atoms with Gasteiger partial charge in [0.2, 0.25) is 8.32 Å². The smallest absolute Gasteiger partial charge is 0.319 e. The first-order valence-electron chi connectivity index (χ1n) is 6.78. The minimum Gasteiger partial charge on any atom is -0.516 e. The number of unbranched alkanes of at least 4 members (excludes halogenated alkanes) is 5. The molecule has 100 valence electrons. The van der Waals surface area contributed by atoms with Gasteiger partial charge in [0.15, 0.2) is 0 Å². The van der Waals surface area contributed by atoms with Gasteiger partial charge in [0.05, 0.1) is 0 Å². The first-order chi connectivity index (χ1) is 7.89. The van der Waals surface area contributed by atoms with Gasteiger partial charge in [0, 0.05) is 5.57 Å². The van der Waals surface area contributed by atoms with E-state index in [-0.39, 0.29) is 5.97 Å². The van der Waals surface area contributed by atoms with E-state index < -0.39 is 8.32 Å². The summed E-state index contributed by atoms with van der Waals surface area (Å²) in [6.07, 6.45) is 7.73. The van der Waals surface area contributed by atoms with Crippen LogP contribution in [0.1, 0.15) is 52.4 Å². The molecule has 0 fully saturated rings. The highest BCUT2D eigenvalue weighted by atomic mass is 28.4. The maximum absolute atomic E-state index is 11.4. The summed E-state index contributed by atoms with van der Waals surface area (Å²) in [4.78, 5) is 11.4. The topological polar surface area (TPSA) is 26.3 Å². The molecule has 0 heterocycles. The van der Waals surface area contributed by atoms with Gasteiger partial charge in [-0.25, -0.2) is 4.79 Å². The van der Waals surface area contributed by atoms with Crippen LogP contribution in [0.25, 0.3) is 0 Å². The van der Waals surface area contributed by atoms with Crippen LogP contribution in [0.3, 0.4) is 0 Å². The van der Waals surface area contributed by atoms with Gasteiger partial charge in [-0.1, -0.05) is 52.0 Å². The molecule has 0 N–H and O–H groups in total. The molecule has 0 aromatic heterocycles. The molecule has 0 radical (unpaired) electrons. The van der Waals surface area contributed by atoms with Crippen LogP contribution in [0.5, 0.6) is 0 Å². The summed E-state index contributed by atoms with van der Waals surface area (Å²) in [7, 11) is -1.81. The second kappa shape index (κ2) is 8.51. The molecule has 0 aromatic rings. The van der Waals surface area contributed by atoms with Crippen molar-refractivity contribution in [2.24, 2.45) is 0 Å². The lowest BCUT2D eigenvalue weighted by Gasteiger charge is -2.22. The third-order valence-corrected chi connectivity index (χ3v) is 5.15. The fourth-order valence-electron chi connectivity index (χ4n) is 1.72. The molecule has 0 spiro atoms. The van der Waals surface area contributed by atoms with Crippen molar-refractivity contribution < 1.29 is 9.22 Å². The Labute approximate surface area is 108 Å². The van der Waals surface area contributed by atoms with Gasteiger partial charge in [-0.3, -0.25) is 0 Å². The summed E-state index contributed by atoms with van der Waals surface area (Å²) in [5.41, 5.74) is 0.508. The zero-order chi connectivity index (χ0) is 13.3. The maximum atomic E-state index is 11.4. The minimum atomic E-state index is -1.81. The molecule has 0 unspecified atom stereocenters. The summed E-state index contributed by atoms with van der Waals surface area (Å²) in [6, 6.07) is 1.07. The second-order valence-electron chi connectivity index (χ2n) is 5.45. The van der Waals surface area contributed by atoms with Crippen LogP contribution in [0.15, 0.2) is 12.2 Å². The average molecular weight is 256 g/mol. The predicted molar refractivity (Wildman–Crippen MR) is 76.6 cm³/mol. The van der Waals surface area contributed by atoms with Crippen molar-refractivity contribution in [2.45, 2.75) is 71.5 Å². The molecule has 0 bridgehead atoms. The molecule has 0 rings (SSSR count). The molecule has 0 aliphatic rings. The van der Waals surface area contributed by atoms with Gasteiger partial charge in [0.25, 0.3) is 0 Å². The van der Waals surface area contributed by atoms with Crippen LogP contribution >= 0.6 is 0 Å². The van der Waals surface area contributed by atoms with E-state index in [0.717, 1.165) is 6.04 Å². The molecule has 3 heteroatoms. The van der Waals surface area contributed by atoms with Gasteiger partial charge >= 0.3 is 5.97 Å². The van der Waals surface area contributed by atoms with E-state index in [1.54, 1.807) is 6.92 Å². The third kappa shape index (κ3) is 9.16. The molecule has 2 nitrogen and oxygen atoms in total. The average Bonchev–Trinajstić information content (AvgIpc) is 2.22. The summed E-state index contributed by atoms with van der Waals surface area (Å²) in [5, 5.41) is 0. The molecular weight excluding hydrogens is 228 g/mol. The van der Waals surface area contributed by atoms with Gasteiger partial charge in [-0.05, 0) is 26.1 Å². The first kappa shape index (κ1) is 16.4. The highest BCUT2D eigenvalue weighted by molar-refractivity contribution is 6.72. The van der Waals surface area contributed by atoms with Gasteiger partial charge in [-0.2, -0.15) is 0 Å². The second-order valence-corrected chi connectivity index (χ2v) is 9.67. The lowest BCUT2D eigenvalue weighted by molar-refractivity contribution is -0.130. The minimum absolute atomic E-state index is 0.215. The largest absolute Gasteiger partial charge is 0.516 e. The normalized spacial score (nSPS) is 11.3. The monoisotopic (exact) mass is 256 g/mol. The van der Waals surface area contributed by atoms with Crippen molar-refractivity contribution in [1.82, 2.24) is 0 Å². The third-order valence-electron chi connectivity index (χ3n) is 2.85. The molecular formula is C14H28O2Si. The van der Waals surface area contributed by atoms with Gasteiger partial charge in [-0.15, -0.1) is 0 Å². The van der Waals surface area contributed by atoms with Crippen LogP contribution in [0.2, 0.25) is 19.1 Å². The highest BCUT2D eigenvalue weighted by Gasteiger charge is 2.26. The molecule has 0 saturated carbocycles. The fourth-order valence-corrected chi connectivity index (χ4v) is 3.60. The number of carbonyl (C=O) groups excluding carboxylic acids is 1. The molecule has 0 aromatic carbocycles. The maximum Gasteiger partial charge on any atom is 0.319 e. The van der Waals surface area contributed by atoms with E-state index in [2.05, 4.69) is 26.6 Å². The molecule has 0 amide bonds. The lowest BCUT2D eigenvalue weighted by Crippen LogP contribution is -2.33. The lowest BCUT2D eigenvalue weighted by atomic mass is 10.1. The van der Waals surface area contributed by atoms with Crippen LogP contribution < -0.4 is 0 Å². The number of carbonyl (C=O) groups is 1. The zero-order valence-electron chi connectivity index (χ0n) is 12.0. The number of hydrogen-bond donors (Lipinski definition) is 0. The Kier molecular flexibility index (Phi) is 8.22. The quantitative estimate of drug-likeness (QED) is 0.340. The Bertz CT molecular complexity index is 247. The van der Waals surface area contributed by atoms with Gasteiger partial charge < -0.3 is 4.43 Å². The van der Waals surface area contributed by atoms with E-state index in [0.29, 0.717) is 5.57 Å². The molecule has 0 saturated heterocycles. The molecule has 0 atom stereocenters. The Morgan fingerprint density at radius 1 is 1.12 bits per heavy atom. The van der Waals surface area contributed by atoms with Crippen LogP contribution in [-0.2, 0) is 9.22 Å². The van der Waals surface area contributed by atoms with E-state index in [1.165, 1.54) is 38.5 Å². The Morgan fingerprint density at radius 2 is 1.65 bits per heavy atom. The first-order valence-corrected chi connectivity index (χ1v) is 9.89. The number of hydrogen-bond acceptors (Lipinski definition) is 2. The van der Waals surface area contributed by atoms with Crippen LogP contribution in [0, 0.1) is 0 Å². The standard InChI is InChI=1S/C14H28O2Si/c1-6-7-8-9-10-11-12-17(4,5)16-14(15)13(2)3/h2,6-12H2,1,3-5H3. The fraction of sp³-hybridized carbons (Fsp3) is 0.786. The molecule has 17 heavy (non-hydrogen) atoms. The van der Waals surface area contributed by atoms with Crippen molar-refractivity contribution in [3.63, 3.8) is 0 Å². The van der Waals surface area contributed by atoms with Crippen molar-refractivity contribution in [1.29, 1.82) is 0 Å². The summed E-state index contributed by atoms with van der Waals surface area (Å²) in [5.74, 6) is -0.215. The van der Waals surface area contributed by atoms with E-state index in [4.69, 9.17) is 4.43 Å². The van der Waals surface area contributed by atoms with E-state index in [9.17, 15) is 4.79 Å². The van der Waals surface area contributed by atoms with Crippen LogP contribution in [0.4, 0.5) is 0 Å². The summed E-state index contributed by atoms with van der Waals surface area (Å²) >= 11 is 0. The van der Waals surface area contributed by atoms with Crippen molar-refractivity contribution in [2.75, 3.05) is 0 Å². The summed E-state index contributed by atoms with van der Waals surface area (Å²) < 4.78 is 5.53. The zero-order valence-corrected chi connectivity index (χ0v) is 13.0. The molecule has 0 aliphatic heterocycles. The van der Waals surface area contributed by atoms with Crippen molar-refractivity contribution in [3.05, 3.63) is 12.2 Å². The Morgan fingerprint density at radius 3 is 2.18 bits per heavy atom. The summed E-state index contributed by atoms with van der Waals surface area (Å²) in [6.45, 7) is 11.8. The predicted octanol–water partition coefficient (Wildman–Crippen LogP) is 4.67. The SMILES string of the molecule is C=C(C)C(=O)O[Si](C)(C)CCCCCCCC. The highest BCUT2D eigenvalue weighted by Crippen LogP contribution is 2.18. The number of rotatable bonds is 9. The van der Waals surface area contributed by atoms with E-state index in [1.807, 2.05) is 0 Å². The van der Waals surface area contributed by atoms with Crippen molar-refractivity contribution >= 4 is 14.3 Å². The van der Waals surface area contributed by atoms with Crippen LogP contribution in [-0.4, -0.2) is 14.3 Å². The van der Waals surface area contributed by atoms with Gasteiger partial charge in [0.1, 0.15) is 0 Å². The van der Waals surface area contributed by atoms with Crippen molar-refractivity contribution in [3.8, 4) is 0 Å². The Hall–Kier alpha value is -0.573. The molecule has 0 aliphatic carbocycles.